The zero-order valence-electron chi connectivity index (χ0n) is 8.21. The number of hydrogen-bond acceptors (Lipinski definition) is 3. The van der Waals surface area contributed by atoms with Crippen LogP contribution in [0.3, 0.4) is 0 Å². The van der Waals surface area contributed by atoms with Crippen LogP contribution in [0.5, 0.6) is 0 Å². The number of nitrogens with zero attached hydrogens (tertiary/aromatic N) is 3. The van der Waals surface area contributed by atoms with E-state index >= 15 is 0 Å². The minimum Gasteiger partial charge on any atom is -0.293 e. The number of para-hydroxylation sites is 1. The molecule has 1 heterocycles. The topological polar surface area (TPSA) is 59.8 Å². The van der Waals surface area contributed by atoms with Gasteiger partial charge in [-0.15, -0.1) is 5.10 Å². The Hall–Kier alpha value is -2.17. The third-order valence-electron chi connectivity index (χ3n) is 1.80. The minimum absolute atomic E-state index is 0.180. The smallest absolute Gasteiger partial charge is 0.249 e. The third-order valence-corrected chi connectivity index (χ3v) is 1.80. The van der Waals surface area contributed by atoms with Gasteiger partial charge >= 0.3 is 0 Å². The maximum absolute atomic E-state index is 10.8. The van der Waals surface area contributed by atoms with E-state index in [9.17, 15) is 4.79 Å². The highest BCUT2D eigenvalue weighted by Crippen LogP contribution is 2.06. The van der Waals surface area contributed by atoms with E-state index in [1.54, 1.807) is 11.0 Å². The zero-order chi connectivity index (χ0) is 10.7. The Morgan fingerprint density at radius 2 is 2.07 bits per heavy atom. The van der Waals surface area contributed by atoms with E-state index in [2.05, 4.69) is 15.4 Å². The highest BCUT2D eigenvalue weighted by molar-refractivity contribution is 5.86. The maximum atomic E-state index is 10.8. The molecule has 0 unspecified atom stereocenters. The van der Waals surface area contributed by atoms with E-state index in [1.807, 2.05) is 30.3 Å². The average Bonchev–Trinajstić information content (AvgIpc) is 2.67. The number of aromatic nitrogens is 3. The van der Waals surface area contributed by atoms with Crippen LogP contribution in [0.1, 0.15) is 6.92 Å². The molecule has 0 aliphatic rings. The first kappa shape index (κ1) is 9.39. The molecule has 5 nitrogen and oxygen atoms in total. The number of nitrogens with one attached hydrogen (secondary N) is 1. The van der Waals surface area contributed by atoms with Crippen molar-refractivity contribution in [2.45, 2.75) is 6.92 Å². The molecule has 0 saturated heterocycles. The van der Waals surface area contributed by atoms with Crippen LogP contribution in [0.4, 0.5) is 5.95 Å². The van der Waals surface area contributed by atoms with Crippen LogP contribution < -0.4 is 5.32 Å². The first-order chi connectivity index (χ1) is 7.25. The third kappa shape index (κ3) is 2.19. The lowest BCUT2D eigenvalue weighted by Crippen LogP contribution is -2.07. The van der Waals surface area contributed by atoms with Gasteiger partial charge in [0.05, 0.1) is 5.69 Å². The van der Waals surface area contributed by atoms with E-state index < -0.39 is 0 Å². The fourth-order valence-electron chi connectivity index (χ4n) is 1.18. The molecule has 2 rings (SSSR count). The zero-order valence-corrected chi connectivity index (χ0v) is 8.21. The molecule has 1 aromatic heterocycles. The molecule has 0 bridgehead atoms. The Bertz CT molecular complexity index is 463. The molecule has 0 saturated carbocycles. The first-order valence-electron chi connectivity index (χ1n) is 4.50. The molecule has 0 fully saturated rings. The maximum Gasteiger partial charge on any atom is 0.249 e. The molecule has 0 aliphatic heterocycles. The van der Waals surface area contributed by atoms with Gasteiger partial charge in [-0.1, -0.05) is 18.2 Å². The quantitative estimate of drug-likeness (QED) is 0.796. The standard InChI is InChI=1S/C10H10N4O/c1-8(15)12-10-11-7-14(13-10)9-5-3-2-4-6-9/h2-7H,1H3,(H,12,13,15). The lowest BCUT2D eigenvalue weighted by atomic mass is 10.3. The molecule has 2 aromatic rings. The molecule has 15 heavy (non-hydrogen) atoms. The Labute approximate surface area is 86.8 Å². The first-order valence-corrected chi connectivity index (χ1v) is 4.50. The van der Waals surface area contributed by atoms with Crippen molar-refractivity contribution >= 4 is 11.9 Å². The summed E-state index contributed by atoms with van der Waals surface area (Å²) in [6.07, 6.45) is 1.56. The number of hydrogen-bond donors (Lipinski definition) is 1. The summed E-state index contributed by atoms with van der Waals surface area (Å²) < 4.78 is 1.60. The summed E-state index contributed by atoms with van der Waals surface area (Å²) in [5, 5.41) is 6.61. The van der Waals surface area contributed by atoms with Crippen molar-refractivity contribution in [3.05, 3.63) is 36.7 Å². The molecule has 0 radical (unpaired) electrons. The average molecular weight is 202 g/mol. The highest BCUT2D eigenvalue weighted by atomic mass is 16.1. The molecule has 0 aliphatic carbocycles. The second-order valence-electron chi connectivity index (χ2n) is 3.03. The molecule has 0 atom stereocenters. The lowest BCUT2D eigenvalue weighted by Gasteiger charge is -1.97. The molecule has 1 amide bonds. The van der Waals surface area contributed by atoms with Crippen molar-refractivity contribution in [2.24, 2.45) is 0 Å². The Balaban J connectivity index is 2.24. The van der Waals surface area contributed by atoms with E-state index in [0.717, 1.165) is 5.69 Å². The van der Waals surface area contributed by atoms with Gasteiger partial charge in [0.15, 0.2) is 0 Å². The minimum atomic E-state index is -0.180. The summed E-state index contributed by atoms with van der Waals surface area (Å²) in [5.41, 5.74) is 0.904. The van der Waals surface area contributed by atoms with Crippen molar-refractivity contribution in [1.29, 1.82) is 0 Å². The van der Waals surface area contributed by atoms with Crippen LogP contribution in [0.2, 0.25) is 0 Å². The second-order valence-corrected chi connectivity index (χ2v) is 3.03. The van der Waals surface area contributed by atoms with Crippen molar-refractivity contribution in [3.8, 4) is 5.69 Å². The Morgan fingerprint density at radius 3 is 2.73 bits per heavy atom. The Kier molecular flexibility index (Phi) is 2.45. The highest BCUT2D eigenvalue weighted by Gasteiger charge is 2.02. The van der Waals surface area contributed by atoms with Crippen LogP contribution in [-0.4, -0.2) is 20.7 Å². The van der Waals surface area contributed by atoms with Gasteiger partial charge in [0.25, 0.3) is 0 Å². The number of rotatable bonds is 2. The fraction of sp³-hybridized carbons (Fsp3) is 0.100. The fourth-order valence-corrected chi connectivity index (χ4v) is 1.18. The van der Waals surface area contributed by atoms with Gasteiger partial charge in [0.1, 0.15) is 6.33 Å². The summed E-state index contributed by atoms with van der Waals surface area (Å²) >= 11 is 0. The van der Waals surface area contributed by atoms with Gasteiger partial charge in [0, 0.05) is 6.92 Å². The number of benzene rings is 1. The van der Waals surface area contributed by atoms with Gasteiger partial charge in [-0.25, -0.2) is 4.68 Å². The van der Waals surface area contributed by atoms with E-state index in [-0.39, 0.29) is 5.91 Å². The number of carbonyl (C=O) groups is 1. The van der Waals surface area contributed by atoms with Gasteiger partial charge in [0.2, 0.25) is 11.9 Å². The van der Waals surface area contributed by atoms with Crippen molar-refractivity contribution in [1.82, 2.24) is 14.8 Å². The number of anilines is 1. The van der Waals surface area contributed by atoms with Crippen molar-refractivity contribution < 1.29 is 4.79 Å². The van der Waals surface area contributed by atoms with Gasteiger partial charge in [-0.05, 0) is 12.1 Å². The predicted octanol–water partition coefficient (Wildman–Crippen LogP) is 1.23. The van der Waals surface area contributed by atoms with Gasteiger partial charge < -0.3 is 0 Å². The van der Waals surface area contributed by atoms with Gasteiger partial charge in [-0.3, -0.25) is 10.1 Å². The molecule has 1 N–H and O–H groups in total. The second kappa shape index (κ2) is 3.91. The summed E-state index contributed by atoms with van der Waals surface area (Å²) in [4.78, 5) is 14.7. The van der Waals surface area contributed by atoms with Crippen LogP contribution in [0.25, 0.3) is 5.69 Å². The summed E-state index contributed by atoms with van der Waals surface area (Å²) in [6.45, 7) is 1.42. The van der Waals surface area contributed by atoms with E-state index in [4.69, 9.17) is 0 Å². The lowest BCUT2D eigenvalue weighted by molar-refractivity contribution is -0.114. The molecule has 0 spiro atoms. The van der Waals surface area contributed by atoms with Crippen molar-refractivity contribution in [2.75, 3.05) is 5.32 Å². The molecule has 76 valence electrons. The van der Waals surface area contributed by atoms with Crippen LogP contribution in [-0.2, 0) is 4.79 Å². The number of carbonyl (C=O) groups excluding carboxylic acids is 1. The van der Waals surface area contributed by atoms with Crippen LogP contribution in [0, 0.1) is 0 Å². The summed E-state index contributed by atoms with van der Waals surface area (Å²) in [7, 11) is 0. The monoisotopic (exact) mass is 202 g/mol. The predicted molar refractivity (Wildman–Crippen MR) is 55.7 cm³/mol. The largest absolute Gasteiger partial charge is 0.293 e. The van der Waals surface area contributed by atoms with Crippen molar-refractivity contribution in [3.63, 3.8) is 0 Å². The summed E-state index contributed by atoms with van der Waals surface area (Å²) in [6, 6.07) is 9.57. The number of amides is 1. The normalized spacial score (nSPS) is 9.93. The van der Waals surface area contributed by atoms with E-state index in [0.29, 0.717) is 5.95 Å². The summed E-state index contributed by atoms with van der Waals surface area (Å²) in [5.74, 6) is 0.132. The SMILES string of the molecule is CC(=O)Nc1ncn(-c2ccccc2)n1. The molecular weight excluding hydrogens is 192 g/mol. The van der Waals surface area contributed by atoms with Gasteiger partial charge in [-0.2, -0.15) is 4.98 Å². The van der Waals surface area contributed by atoms with E-state index in [1.165, 1.54) is 6.92 Å². The van der Waals surface area contributed by atoms with Crippen LogP contribution >= 0.6 is 0 Å². The molecule has 5 heteroatoms. The molecule has 1 aromatic carbocycles. The van der Waals surface area contributed by atoms with Crippen LogP contribution in [0.15, 0.2) is 36.7 Å². The molecular formula is C10H10N4O. The Morgan fingerprint density at radius 1 is 1.33 bits per heavy atom.